The van der Waals surface area contributed by atoms with Crippen LogP contribution in [0.25, 0.3) is 0 Å². The third-order valence-electron chi connectivity index (χ3n) is 7.64. The molecule has 0 bridgehead atoms. The lowest BCUT2D eigenvalue weighted by atomic mass is 10.0. The van der Waals surface area contributed by atoms with E-state index in [9.17, 15) is 18.0 Å². The third kappa shape index (κ3) is 8.35. The van der Waals surface area contributed by atoms with E-state index in [0.29, 0.717) is 5.69 Å². The van der Waals surface area contributed by atoms with E-state index in [4.69, 9.17) is 0 Å². The minimum atomic E-state index is -4.12. The standard InChI is InChI=1S/C36H41N3O4S/c1-5-29(4)37-36(41)34(24-30-14-8-6-9-15-30)38(25-31-16-12-13-28(3)23-31)35(40)26-39(32-21-19-27(2)20-22-32)44(42,43)33-17-10-7-11-18-33/h6-23,29,34H,5,24-26H2,1-4H3,(H,37,41). The summed E-state index contributed by atoms with van der Waals surface area (Å²) in [6.07, 6.45) is 1.00. The number of carbonyl (C=O) groups excluding carboxylic acids is 2. The SMILES string of the molecule is CCC(C)NC(=O)C(Cc1ccccc1)N(Cc1cccc(C)c1)C(=O)CN(c1ccc(C)cc1)S(=O)(=O)c1ccccc1. The van der Waals surface area contributed by atoms with Gasteiger partial charge in [-0.25, -0.2) is 8.42 Å². The van der Waals surface area contributed by atoms with Crippen LogP contribution in [-0.2, 0) is 32.6 Å². The van der Waals surface area contributed by atoms with E-state index >= 15 is 0 Å². The summed E-state index contributed by atoms with van der Waals surface area (Å²) in [7, 11) is -4.12. The molecule has 2 atom stereocenters. The van der Waals surface area contributed by atoms with E-state index in [1.165, 1.54) is 17.0 Å². The Bertz CT molecular complexity index is 1640. The molecule has 0 heterocycles. The van der Waals surface area contributed by atoms with E-state index in [1.54, 1.807) is 30.3 Å². The molecule has 4 rings (SSSR count). The molecule has 0 fully saturated rings. The highest BCUT2D eigenvalue weighted by molar-refractivity contribution is 7.92. The van der Waals surface area contributed by atoms with Crippen molar-refractivity contribution in [3.8, 4) is 0 Å². The van der Waals surface area contributed by atoms with Crippen LogP contribution in [0.5, 0.6) is 0 Å². The van der Waals surface area contributed by atoms with E-state index in [0.717, 1.165) is 33.0 Å². The molecule has 0 saturated carbocycles. The van der Waals surface area contributed by atoms with Crippen LogP contribution >= 0.6 is 0 Å². The van der Waals surface area contributed by atoms with Crippen molar-refractivity contribution in [1.29, 1.82) is 0 Å². The topological polar surface area (TPSA) is 86.8 Å². The fourth-order valence-electron chi connectivity index (χ4n) is 4.96. The average molecular weight is 612 g/mol. The first-order chi connectivity index (χ1) is 21.1. The normalized spacial score (nSPS) is 12.6. The highest BCUT2D eigenvalue weighted by Crippen LogP contribution is 2.25. The van der Waals surface area contributed by atoms with Crippen LogP contribution in [0, 0.1) is 13.8 Å². The van der Waals surface area contributed by atoms with Crippen LogP contribution in [0.2, 0.25) is 0 Å². The summed E-state index contributed by atoms with van der Waals surface area (Å²) in [5, 5.41) is 3.07. The number of hydrogen-bond donors (Lipinski definition) is 1. The van der Waals surface area contributed by atoms with Crippen molar-refractivity contribution in [2.45, 2.75) is 64.1 Å². The van der Waals surface area contributed by atoms with Gasteiger partial charge in [-0.3, -0.25) is 13.9 Å². The molecule has 4 aromatic rings. The van der Waals surface area contributed by atoms with E-state index in [1.807, 2.05) is 94.4 Å². The predicted molar refractivity (Wildman–Crippen MR) is 176 cm³/mol. The Morgan fingerprint density at radius 3 is 2.00 bits per heavy atom. The minimum absolute atomic E-state index is 0.0777. The summed E-state index contributed by atoms with van der Waals surface area (Å²) in [6, 6.07) is 31.5. The second-order valence-corrected chi connectivity index (χ2v) is 13.1. The first-order valence-electron chi connectivity index (χ1n) is 14.9. The lowest BCUT2D eigenvalue weighted by Gasteiger charge is -2.34. The van der Waals surface area contributed by atoms with Gasteiger partial charge < -0.3 is 10.2 Å². The number of carbonyl (C=O) groups is 2. The van der Waals surface area contributed by atoms with Crippen molar-refractivity contribution in [3.05, 3.63) is 131 Å². The molecule has 4 aromatic carbocycles. The molecule has 2 unspecified atom stereocenters. The Labute approximate surface area is 261 Å². The van der Waals surface area contributed by atoms with Crippen molar-refractivity contribution >= 4 is 27.5 Å². The monoisotopic (exact) mass is 611 g/mol. The van der Waals surface area contributed by atoms with Crippen molar-refractivity contribution in [3.63, 3.8) is 0 Å². The first-order valence-corrected chi connectivity index (χ1v) is 16.4. The fourth-order valence-corrected chi connectivity index (χ4v) is 6.40. The maximum Gasteiger partial charge on any atom is 0.264 e. The molecule has 0 spiro atoms. The van der Waals surface area contributed by atoms with Crippen molar-refractivity contribution in [1.82, 2.24) is 10.2 Å². The van der Waals surface area contributed by atoms with Gasteiger partial charge in [0.2, 0.25) is 11.8 Å². The van der Waals surface area contributed by atoms with E-state index < -0.39 is 28.5 Å². The molecule has 0 aliphatic rings. The van der Waals surface area contributed by atoms with Crippen LogP contribution in [0.1, 0.15) is 42.5 Å². The number of anilines is 1. The highest BCUT2D eigenvalue weighted by atomic mass is 32.2. The Kier molecular flexibility index (Phi) is 11.0. The number of benzene rings is 4. The zero-order chi connectivity index (χ0) is 31.7. The number of nitrogens with one attached hydrogen (secondary N) is 1. The molecule has 0 aliphatic carbocycles. The van der Waals surface area contributed by atoms with Crippen LogP contribution in [0.15, 0.2) is 114 Å². The maximum absolute atomic E-state index is 14.5. The van der Waals surface area contributed by atoms with Gasteiger partial charge in [0.1, 0.15) is 12.6 Å². The molecular weight excluding hydrogens is 570 g/mol. The predicted octanol–water partition coefficient (Wildman–Crippen LogP) is 6.05. The lowest BCUT2D eigenvalue weighted by molar-refractivity contribution is -0.140. The van der Waals surface area contributed by atoms with Gasteiger partial charge in [-0.1, -0.05) is 103 Å². The smallest absolute Gasteiger partial charge is 0.264 e. The van der Waals surface area contributed by atoms with Gasteiger partial charge in [-0.15, -0.1) is 0 Å². The maximum atomic E-state index is 14.5. The molecule has 0 saturated heterocycles. The molecule has 7 nitrogen and oxygen atoms in total. The molecule has 8 heteroatoms. The summed E-state index contributed by atoms with van der Waals surface area (Å²) in [4.78, 5) is 30.0. The molecular formula is C36H41N3O4S. The van der Waals surface area contributed by atoms with Gasteiger partial charge in [-0.2, -0.15) is 0 Å². The summed E-state index contributed by atoms with van der Waals surface area (Å²) in [6.45, 7) is 7.46. The van der Waals surface area contributed by atoms with Crippen LogP contribution < -0.4 is 9.62 Å². The highest BCUT2D eigenvalue weighted by Gasteiger charge is 2.35. The van der Waals surface area contributed by atoms with Crippen LogP contribution in [0.4, 0.5) is 5.69 Å². The Morgan fingerprint density at radius 1 is 0.773 bits per heavy atom. The van der Waals surface area contributed by atoms with Gasteiger partial charge in [0.15, 0.2) is 0 Å². The second-order valence-electron chi connectivity index (χ2n) is 11.2. The van der Waals surface area contributed by atoms with Crippen LogP contribution in [0.3, 0.4) is 0 Å². The second kappa shape index (κ2) is 14.8. The van der Waals surface area contributed by atoms with Gasteiger partial charge in [0.25, 0.3) is 10.0 Å². The zero-order valence-corrected chi connectivity index (χ0v) is 26.6. The van der Waals surface area contributed by atoms with Crippen molar-refractivity contribution in [2.24, 2.45) is 0 Å². The average Bonchev–Trinajstić information content (AvgIpc) is 3.02. The van der Waals surface area contributed by atoms with Gasteiger partial charge in [-0.05, 0) is 62.6 Å². The number of nitrogens with zero attached hydrogens (tertiary/aromatic N) is 2. The summed E-state index contributed by atoms with van der Waals surface area (Å²) >= 11 is 0. The Hall–Kier alpha value is -4.43. The number of amides is 2. The lowest BCUT2D eigenvalue weighted by Crippen LogP contribution is -2.54. The number of hydrogen-bond acceptors (Lipinski definition) is 4. The molecule has 230 valence electrons. The number of sulfonamides is 1. The van der Waals surface area contributed by atoms with Crippen molar-refractivity contribution in [2.75, 3.05) is 10.8 Å². The van der Waals surface area contributed by atoms with E-state index in [-0.39, 0.29) is 29.8 Å². The molecule has 44 heavy (non-hydrogen) atoms. The third-order valence-corrected chi connectivity index (χ3v) is 9.43. The van der Waals surface area contributed by atoms with E-state index in [2.05, 4.69) is 5.32 Å². The largest absolute Gasteiger partial charge is 0.352 e. The number of aryl methyl sites for hydroxylation is 2. The minimum Gasteiger partial charge on any atom is -0.352 e. The van der Waals surface area contributed by atoms with Gasteiger partial charge in [0, 0.05) is 19.0 Å². The summed E-state index contributed by atoms with van der Waals surface area (Å²) < 4.78 is 29.2. The summed E-state index contributed by atoms with van der Waals surface area (Å²) in [5.74, 6) is -0.760. The molecule has 0 aliphatic heterocycles. The summed E-state index contributed by atoms with van der Waals surface area (Å²) in [5.41, 5.74) is 4.09. The van der Waals surface area contributed by atoms with Gasteiger partial charge >= 0.3 is 0 Å². The first kappa shape index (κ1) is 32.5. The fraction of sp³-hybridized carbons (Fsp3) is 0.278. The molecule has 0 radical (unpaired) electrons. The quantitative estimate of drug-likeness (QED) is 0.199. The zero-order valence-electron chi connectivity index (χ0n) is 25.8. The van der Waals surface area contributed by atoms with Crippen molar-refractivity contribution < 1.29 is 18.0 Å². The molecule has 0 aromatic heterocycles. The van der Waals surface area contributed by atoms with Gasteiger partial charge in [0.05, 0.1) is 10.6 Å². The Morgan fingerprint density at radius 2 is 1.39 bits per heavy atom. The molecule has 2 amide bonds. The van der Waals surface area contributed by atoms with Crippen LogP contribution in [-0.4, -0.2) is 43.8 Å². The number of rotatable bonds is 13. The molecule has 1 N–H and O–H groups in total. The Balaban J connectivity index is 1.80.